The van der Waals surface area contributed by atoms with E-state index in [1.165, 1.54) is 0 Å². The van der Waals surface area contributed by atoms with Gasteiger partial charge >= 0.3 is 0 Å². The number of aromatic nitrogens is 2. The molecule has 2 rings (SSSR count). The maximum absolute atomic E-state index is 12.1. The third-order valence-electron chi connectivity index (χ3n) is 2.85. The van der Waals surface area contributed by atoms with Crippen molar-refractivity contribution >= 4 is 5.91 Å². The second-order valence-electron chi connectivity index (χ2n) is 4.39. The maximum Gasteiger partial charge on any atom is 0.251 e. The number of hydrogen-bond acceptors (Lipinski definition) is 4. The standard InChI is InChI=1S/C16H15N3O2/c1-12-10-14(7-6-13(12)4-3-9-20)16(21)17-11-15-5-2-8-18-19-15/h2,5-8,10,20H,9,11H2,1H3,(H,17,21). The van der Waals surface area contributed by atoms with Crippen LogP contribution in [0.3, 0.4) is 0 Å². The summed E-state index contributed by atoms with van der Waals surface area (Å²) in [5, 5.41) is 19.1. The smallest absolute Gasteiger partial charge is 0.251 e. The molecule has 0 saturated heterocycles. The number of aliphatic hydroxyl groups is 1. The van der Waals surface area contributed by atoms with Gasteiger partial charge in [-0.25, -0.2) is 0 Å². The fourth-order valence-electron chi connectivity index (χ4n) is 1.78. The number of nitrogens with zero attached hydrogens (tertiary/aromatic N) is 2. The molecule has 21 heavy (non-hydrogen) atoms. The summed E-state index contributed by atoms with van der Waals surface area (Å²) in [5.74, 6) is 5.25. The number of aliphatic hydroxyl groups excluding tert-OH is 1. The van der Waals surface area contributed by atoms with Crippen LogP contribution >= 0.6 is 0 Å². The van der Waals surface area contributed by atoms with Gasteiger partial charge in [-0.1, -0.05) is 11.8 Å². The largest absolute Gasteiger partial charge is 0.384 e. The lowest BCUT2D eigenvalue weighted by Crippen LogP contribution is -2.23. The summed E-state index contributed by atoms with van der Waals surface area (Å²) in [4.78, 5) is 12.1. The maximum atomic E-state index is 12.1. The van der Waals surface area contributed by atoms with E-state index in [1.807, 2.05) is 6.92 Å². The van der Waals surface area contributed by atoms with Crippen molar-refractivity contribution in [2.24, 2.45) is 0 Å². The van der Waals surface area contributed by atoms with Crippen molar-refractivity contribution in [2.75, 3.05) is 6.61 Å². The van der Waals surface area contributed by atoms with Crippen molar-refractivity contribution in [3.8, 4) is 11.8 Å². The van der Waals surface area contributed by atoms with Crippen molar-refractivity contribution in [3.63, 3.8) is 0 Å². The van der Waals surface area contributed by atoms with E-state index in [4.69, 9.17) is 5.11 Å². The minimum atomic E-state index is -0.181. The summed E-state index contributed by atoms with van der Waals surface area (Å²) >= 11 is 0. The van der Waals surface area contributed by atoms with E-state index in [-0.39, 0.29) is 12.5 Å². The van der Waals surface area contributed by atoms with Gasteiger partial charge in [0, 0.05) is 17.3 Å². The molecule has 0 aliphatic rings. The molecular weight excluding hydrogens is 266 g/mol. The SMILES string of the molecule is Cc1cc(C(=O)NCc2cccnn2)ccc1C#CCO. The summed E-state index contributed by atoms with van der Waals surface area (Å²) in [7, 11) is 0. The molecule has 106 valence electrons. The highest BCUT2D eigenvalue weighted by Crippen LogP contribution is 2.10. The fraction of sp³-hybridized carbons (Fsp3) is 0.188. The molecule has 0 atom stereocenters. The third kappa shape index (κ3) is 4.13. The van der Waals surface area contributed by atoms with Crippen molar-refractivity contribution < 1.29 is 9.90 Å². The average Bonchev–Trinajstić information content (AvgIpc) is 2.52. The van der Waals surface area contributed by atoms with Gasteiger partial charge < -0.3 is 10.4 Å². The summed E-state index contributed by atoms with van der Waals surface area (Å²) in [5.41, 5.74) is 2.96. The Morgan fingerprint density at radius 3 is 2.90 bits per heavy atom. The number of benzene rings is 1. The normalized spacial score (nSPS) is 9.62. The lowest BCUT2D eigenvalue weighted by molar-refractivity contribution is 0.0950. The van der Waals surface area contributed by atoms with Gasteiger partial charge in [0.2, 0.25) is 0 Å². The van der Waals surface area contributed by atoms with E-state index in [0.29, 0.717) is 17.8 Å². The van der Waals surface area contributed by atoms with Gasteiger partial charge in [0.25, 0.3) is 5.91 Å². The minimum Gasteiger partial charge on any atom is -0.384 e. The van der Waals surface area contributed by atoms with Crippen LogP contribution in [0.15, 0.2) is 36.5 Å². The van der Waals surface area contributed by atoms with Crippen molar-refractivity contribution in [1.82, 2.24) is 15.5 Å². The number of amides is 1. The molecule has 1 amide bonds. The molecule has 0 aliphatic carbocycles. The molecule has 0 aliphatic heterocycles. The van der Waals surface area contributed by atoms with Crippen LogP contribution in [0.4, 0.5) is 0 Å². The Labute approximate surface area is 123 Å². The number of hydrogen-bond donors (Lipinski definition) is 2. The first-order chi connectivity index (χ1) is 10.2. The highest BCUT2D eigenvalue weighted by atomic mass is 16.2. The van der Waals surface area contributed by atoms with Gasteiger partial charge in [-0.05, 0) is 42.8 Å². The Kier molecular flexibility index (Phi) is 5.02. The van der Waals surface area contributed by atoms with Crippen LogP contribution in [-0.2, 0) is 6.54 Å². The molecule has 5 nitrogen and oxygen atoms in total. The predicted molar refractivity (Wildman–Crippen MR) is 78.3 cm³/mol. The number of carbonyl (C=O) groups is 1. The Morgan fingerprint density at radius 1 is 1.38 bits per heavy atom. The number of rotatable bonds is 3. The van der Waals surface area contributed by atoms with Gasteiger partial charge in [0.05, 0.1) is 12.2 Å². The van der Waals surface area contributed by atoms with Crippen LogP contribution in [0.5, 0.6) is 0 Å². The molecule has 1 aromatic carbocycles. The molecule has 0 saturated carbocycles. The lowest BCUT2D eigenvalue weighted by Gasteiger charge is -2.06. The van der Waals surface area contributed by atoms with Crippen LogP contribution < -0.4 is 5.32 Å². The summed E-state index contributed by atoms with van der Waals surface area (Å²) in [6.45, 7) is 2.03. The van der Waals surface area contributed by atoms with E-state index in [9.17, 15) is 4.79 Å². The molecule has 0 radical (unpaired) electrons. The van der Waals surface area contributed by atoms with Gasteiger partial charge in [-0.3, -0.25) is 4.79 Å². The second kappa shape index (κ2) is 7.17. The summed E-state index contributed by atoms with van der Waals surface area (Å²) < 4.78 is 0. The van der Waals surface area contributed by atoms with Gasteiger partial charge in [-0.2, -0.15) is 10.2 Å². The highest BCUT2D eigenvalue weighted by Gasteiger charge is 2.07. The fourth-order valence-corrected chi connectivity index (χ4v) is 1.78. The second-order valence-corrected chi connectivity index (χ2v) is 4.39. The Balaban J connectivity index is 2.04. The van der Waals surface area contributed by atoms with Crippen LogP contribution in [0.2, 0.25) is 0 Å². The van der Waals surface area contributed by atoms with Crippen molar-refractivity contribution in [3.05, 3.63) is 58.9 Å². The molecule has 1 heterocycles. The zero-order chi connectivity index (χ0) is 15.1. The van der Waals surface area contributed by atoms with Crippen LogP contribution in [0.25, 0.3) is 0 Å². The quantitative estimate of drug-likeness (QED) is 0.825. The molecule has 0 bridgehead atoms. The first kappa shape index (κ1) is 14.7. The first-order valence-electron chi connectivity index (χ1n) is 6.46. The Hall–Kier alpha value is -2.71. The van der Waals surface area contributed by atoms with Gasteiger partial charge in [0.1, 0.15) is 6.61 Å². The van der Waals surface area contributed by atoms with Crippen LogP contribution in [0, 0.1) is 18.8 Å². The number of carbonyl (C=O) groups excluding carboxylic acids is 1. The highest BCUT2D eigenvalue weighted by molar-refractivity contribution is 5.94. The first-order valence-corrected chi connectivity index (χ1v) is 6.46. The van der Waals surface area contributed by atoms with Crippen LogP contribution in [0.1, 0.15) is 27.2 Å². The monoisotopic (exact) mass is 281 g/mol. The lowest BCUT2D eigenvalue weighted by atomic mass is 10.0. The summed E-state index contributed by atoms with van der Waals surface area (Å²) in [6.07, 6.45) is 1.58. The molecular formula is C16H15N3O2. The van der Waals surface area contributed by atoms with E-state index in [2.05, 4.69) is 27.4 Å². The van der Waals surface area contributed by atoms with E-state index in [1.54, 1.807) is 36.5 Å². The topological polar surface area (TPSA) is 75.1 Å². The molecule has 0 fully saturated rings. The van der Waals surface area contributed by atoms with Gasteiger partial charge in [0.15, 0.2) is 0 Å². The minimum absolute atomic E-state index is 0.176. The predicted octanol–water partition coefficient (Wildman–Crippen LogP) is 1.06. The molecule has 0 unspecified atom stereocenters. The van der Waals surface area contributed by atoms with E-state index in [0.717, 1.165) is 11.1 Å². The Morgan fingerprint density at radius 2 is 2.24 bits per heavy atom. The van der Waals surface area contributed by atoms with Crippen molar-refractivity contribution in [1.29, 1.82) is 0 Å². The van der Waals surface area contributed by atoms with E-state index >= 15 is 0 Å². The van der Waals surface area contributed by atoms with Crippen molar-refractivity contribution in [2.45, 2.75) is 13.5 Å². The Bertz CT molecular complexity index is 688. The molecule has 5 heteroatoms. The van der Waals surface area contributed by atoms with E-state index < -0.39 is 0 Å². The molecule has 2 N–H and O–H groups in total. The van der Waals surface area contributed by atoms with Crippen LogP contribution in [-0.4, -0.2) is 27.8 Å². The summed E-state index contributed by atoms with van der Waals surface area (Å²) in [6, 6.07) is 8.82. The molecule has 2 aromatic rings. The molecule has 1 aromatic heterocycles. The molecule has 0 spiro atoms. The van der Waals surface area contributed by atoms with Gasteiger partial charge in [-0.15, -0.1) is 0 Å². The third-order valence-corrected chi connectivity index (χ3v) is 2.85. The number of nitrogens with one attached hydrogen (secondary N) is 1. The number of aryl methyl sites for hydroxylation is 1. The average molecular weight is 281 g/mol. The zero-order valence-corrected chi connectivity index (χ0v) is 11.6. The zero-order valence-electron chi connectivity index (χ0n) is 11.6.